The molecule has 0 heterocycles. The van der Waals surface area contributed by atoms with Crippen molar-refractivity contribution in [2.75, 3.05) is 0 Å². The van der Waals surface area contributed by atoms with E-state index in [0.717, 1.165) is 37.8 Å². The van der Waals surface area contributed by atoms with E-state index in [4.69, 9.17) is 0 Å². The molecule has 0 bridgehead atoms. The predicted octanol–water partition coefficient (Wildman–Crippen LogP) is 3.81. The molecule has 1 aliphatic rings. The summed E-state index contributed by atoms with van der Waals surface area (Å²) >= 11 is 0. The zero-order valence-corrected chi connectivity index (χ0v) is 10.9. The Kier molecular flexibility index (Phi) is 4.88. The van der Waals surface area contributed by atoms with Crippen molar-refractivity contribution >= 4 is 5.91 Å². The van der Waals surface area contributed by atoms with Gasteiger partial charge in [-0.2, -0.15) is 0 Å². The summed E-state index contributed by atoms with van der Waals surface area (Å²) in [5.41, 5.74) is 0.181. The first-order valence-electron chi connectivity index (χ1n) is 6.93. The van der Waals surface area contributed by atoms with Crippen molar-refractivity contribution in [3.8, 4) is 0 Å². The minimum atomic E-state index is -0.981. The van der Waals surface area contributed by atoms with E-state index in [1.165, 1.54) is 25.3 Å². The van der Waals surface area contributed by atoms with Crippen LogP contribution in [0.15, 0.2) is 18.2 Å². The molecule has 0 aliphatic heterocycles. The SMILES string of the molecule is O=C(NC1CCCCCCC1)c1ccc(F)c(F)c1. The number of amides is 1. The Hall–Kier alpha value is -1.45. The van der Waals surface area contributed by atoms with Crippen molar-refractivity contribution in [2.45, 2.75) is 51.0 Å². The lowest BCUT2D eigenvalue weighted by molar-refractivity contribution is 0.0930. The number of hydrogen-bond acceptors (Lipinski definition) is 1. The molecule has 1 fully saturated rings. The Morgan fingerprint density at radius 1 is 1.00 bits per heavy atom. The average Bonchev–Trinajstić information content (AvgIpc) is 2.35. The summed E-state index contributed by atoms with van der Waals surface area (Å²) in [4.78, 5) is 12.0. The molecule has 1 N–H and O–H groups in total. The number of carbonyl (C=O) groups is 1. The summed E-state index contributed by atoms with van der Waals surface area (Å²) < 4.78 is 25.9. The van der Waals surface area contributed by atoms with Crippen molar-refractivity contribution < 1.29 is 13.6 Å². The van der Waals surface area contributed by atoms with Gasteiger partial charge in [-0.15, -0.1) is 0 Å². The Morgan fingerprint density at radius 3 is 2.26 bits per heavy atom. The number of benzene rings is 1. The smallest absolute Gasteiger partial charge is 0.251 e. The van der Waals surface area contributed by atoms with Crippen LogP contribution >= 0.6 is 0 Å². The van der Waals surface area contributed by atoms with Crippen LogP contribution in [0, 0.1) is 11.6 Å². The van der Waals surface area contributed by atoms with Crippen LogP contribution in [0.1, 0.15) is 55.3 Å². The van der Waals surface area contributed by atoms with Crippen molar-refractivity contribution in [3.05, 3.63) is 35.4 Å². The fourth-order valence-electron chi connectivity index (χ4n) is 2.51. The van der Waals surface area contributed by atoms with Crippen molar-refractivity contribution in [1.82, 2.24) is 5.32 Å². The maximum atomic E-state index is 13.1. The highest BCUT2D eigenvalue weighted by Crippen LogP contribution is 2.17. The molecule has 4 heteroatoms. The van der Waals surface area contributed by atoms with Gasteiger partial charge in [0.2, 0.25) is 0 Å². The molecule has 2 rings (SSSR count). The fraction of sp³-hybridized carbons (Fsp3) is 0.533. The first-order valence-corrected chi connectivity index (χ1v) is 6.93. The zero-order valence-electron chi connectivity index (χ0n) is 10.9. The second kappa shape index (κ2) is 6.64. The van der Waals surface area contributed by atoms with Gasteiger partial charge in [0.15, 0.2) is 11.6 Å². The molecule has 0 aromatic heterocycles. The van der Waals surface area contributed by atoms with Gasteiger partial charge in [0.1, 0.15) is 0 Å². The topological polar surface area (TPSA) is 29.1 Å². The van der Waals surface area contributed by atoms with Gasteiger partial charge < -0.3 is 5.32 Å². The van der Waals surface area contributed by atoms with Crippen LogP contribution in [0.3, 0.4) is 0 Å². The van der Waals surface area contributed by atoms with Gasteiger partial charge >= 0.3 is 0 Å². The summed E-state index contributed by atoms with van der Waals surface area (Å²) in [6, 6.07) is 3.41. The fourth-order valence-corrected chi connectivity index (χ4v) is 2.51. The molecule has 1 aromatic carbocycles. The van der Waals surface area contributed by atoms with Crippen LogP contribution in [-0.4, -0.2) is 11.9 Å². The molecule has 1 aromatic rings. The molecular weight excluding hydrogens is 248 g/mol. The maximum Gasteiger partial charge on any atom is 0.251 e. The average molecular weight is 267 g/mol. The molecule has 0 unspecified atom stereocenters. The molecular formula is C15H19F2NO. The highest BCUT2D eigenvalue weighted by Gasteiger charge is 2.16. The maximum absolute atomic E-state index is 13.1. The van der Waals surface area contributed by atoms with Gasteiger partial charge in [0.05, 0.1) is 0 Å². The van der Waals surface area contributed by atoms with Crippen molar-refractivity contribution in [1.29, 1.82) is 0 Å². The molecule has 19 heavy (non-hydrogen) atoms. The number of halogens is 2. The largest absolute Gasteiger partial charge is 0.349 e. The lowest BCUT2D eigenvalue weighted by atomic mass is 9.96. The van der Waals surface area contributed by atoms with Gasteiger partial charge in [-0.25, -0.2) is 8.78 Å². The summed E-state index contributed by atoms with van der Waals surface area (Å²) in [5, 5.41) is 2.92. The standard InChI is InChI=1S/C15H19F2NO/c16-13-9-8-11(10-14(13)17)15(19)18-12-6-4-2-1-3-5-7-12/h8-10,12H,1-7H2,(H,18,19). The van der Waals surface area contributed by atoms with Gasteiger partial charge in [-0.05, 0) is 31.0 Å². The van der Waals surface area contributed by atoms with Crippen LogP contribution in [0.25, 0.3) is 0 Å². The van der Waals surface area contributed by atoms with Gasteiger partial charge in [-0.3, -0.25) is 4.79 Å². The third-order valence-electron chi connectivity index (χ3n) is 3.62. The van der Waals surface area contributed by atoms with E-state index in [0.29, 0.717) is 0 Å². The van der Waals surface area contributed by atoms with Gasteiger partial charge in [0.25, 0.3) is 5.91 Å². The third kappa shape index (κ3) is 4.01. The van der Waals surface area contributed by atoms with E-state index in [-0.39, 0.29) is 17.5 Å². The number of rotatable bonds is 2. The van der Waals surface area contributed by atoms with Crippen LogP contribution in [0.2, 0.25) is 0 Å². The molecule has 1 saturated carbocycles. The van der Waals surface area contributed by atoms with Crippen LogP contribution in [0.4, 0.5) is 8.78 Å². The summed E-state index contributed by atoms with van der Waals surface area (Å²) in [5.74, 6) is -2.22. The minimum absolute atomic E-state index is 0.154. The molecule has 0 saturated heterocycles. The van der Waals surface area contributed by atoms with E-state index in [2.05, 4.69) is 5.32 Å². The Bertz CT molecular complexity index is 440. The molecule has 0 spiro atoms. The lowest BCUT2D eigenvalue weighted by Gasteiger charge is -2.21. The molecule has 1 amide bonds. The van der Waals surface area contributed by atoms with Crippen LogP contribution in [0.5, 0.6) is 0 Å². The molecule has 104 valence electrons. The van der Waals surface area contributed by atoms with Crippen LogP contribution < -0.4 is 5.32 Å². The third-order valence-corrected chi connectivity index (χ3v) is 3.62. The predicted molar refractivity (Wildman–Crippen MR) is 69.9 cm³/mol. The Labute approximate surface area is 112 Å². The second-order valence-corrected chi connectivity index (χ2v) is 5.14. The van der Waals surface area contributed by atoms with Crippen molar-refractivity contribution in [2.24, 2.45) is 0 Å². The minimum Gasteiger partial charge on any atom is -0.349 e. The second-order valence-electron chi connectivity index (χ2n) is 5.14. The van der Waals surface area contributed by atoms with Crippen LogP contribution in [-0.2, 0) is 0 Å². The lowest BCUT2D eigenvalue weighted by Crippen LogP contribution is -2.35. The summed E-state index contributed by atoms with van der Waals surface area (Å²) in [6.07, 6.45) is 7.84. The Balaban J connectivity index is 1.96. The normalized spacial score (nSPS) is 17.6. The number of nitrogens with one attached hydrogen (secondary N) is 1. The zero-order chi connectivity index (χ0) is 13.7. The molecule has 2 nitrogen and oxygen atoms in total. The monoisotopic (exact) mass is 267 g/mol. The quantitative estimate of drug-likeness (QED) is 0.867. The highest BCUT2D eigenvalue weighted by molar-refractivity contribution is 5.94. The number of carbonyl (C=O) groups excluding carboxylic acids is 1. The van der Waals surface area contributed by atoms with E-state index in [1.807, 2.05) is 0 Å². The number of hydrogen-bond donors (Lipinski definition) is 1. The first kappa shape index (κ1) is 14.0. The van der Waals surface area contributed by atoms with Crippen molar-refractivity contribution in [3.63, 3.8) is 0 Å². The first-order chi connectivity index (χ1) is 9.16. The summed E-state index contributed by atoms with van der Waals surface area (Å²) in [6.45, 7) is 0. The van der Waals surface area contributed by atoms with Gasteiger partial charge in [-0.1, -0.05) is 32.1 Å². The van der Waals surface area contributed by atoms with Gasteiger partial charge in [0, 0.05) is 11.6 Å². The molecule has 0 atom stereocenters. The van der Waals surface area contributed by atoms with E-state index >= 15 is 0 Å². The van der Waals surface area contributed by atoms with E-state index < -0.39 is 11.6 Å². The molecule has 1 aliphatic carbocycles. The van der Waals surface area contributed by atoms with E-state index in [1.54, 1.807) is 0 Å². The summed E-state index contributed by atoms with van der Waals surface area (Å²) in [7, 11) is 0. The van der Waals surface area contributed by atoms with E-state index in [9.17, 15) is 13.6 Å². The molecule has 0 radical (unpaired) electrons. The highest BCUT2D eigenvalue weighted by atomic mass is 19.2. The Morgan fingerprint density at radius 2 is 1.63 bits per heavy atom.